The summed E-state index contributed by atoms with van der Waals surface area (Å²) in [6.07, 6.45) is -2.10. The van der Waals surface area contributed by atoms with Gasteiger partial charge in [-0.2, -0.15) is 0 Å². The number of aliphatic hydroxyl groups excluding tert-OH is 1. The van der Waals surface area contributed by atoms with Crippen molar-refractivity contribution in [2.24, 2.45) is 0 Å². The molecule has 0 amide bonds. The predicted octanol–water partition coefficient (Wildman–Crippen LogP) is 3.40. The van der Waals surface area contributed by atoms with Crippen LogP contribution in [-0.2, 0) is 9.47 Å². The Morgan fingerprint density at radius 3 is 2.30 bits per heavy atom. The van der Waals surface area contributed by atoms with Crippen molar-refractivity contribution < 1.29 is 19.5 Å². The summed E-state index contributed by atoms with van der Waals surface area (Å²) in [6.45, 7) is 0.106. The second-order valence-electron chi connectivity index (χ2n) is 5.19. The van der Waals surface area contributed by atoms with E-state index >= 15 is 0 Å². The third-order valence-corrected chi connectivity index (χ3v) is 3.86. The first-order valence-electron chi connectivity index (χ1n) is 6.99. The molecule has 2 aromatic carbocycles. The molecule has 1 fully saturated rings. The number of rotatable bonds is 3. The van der Waals surface area contributed by atoms with Gasteiger partial charge in [0, 0.05) is 22.7 Å². The molecule has 0 bridgehead atoms. The van der Waals surface area contributed by atoms with Crippen LogP contribution in [0.4, 0.5) is 5.69 Å². The Hall–Kier alpha value is -1.99. The summed E-state index contributed by atoms with van der Waals surface area (Å²) in [7, 11) is 0. The lowest BCUT2D eigenvalue weighted by Gasteiger charge is -2.34. The average molecular weight is 336 g/mol. The Morgan fingerprint density at radius 1 is 1.09 bits per heavy atom. The third kappa shape index (κ3) is 3.51. The number of halogens is 1. The van der Waals surface area contributed by atoms with Crippen LogP contribution in [0.5, 0.6) is 0 Å². The first-order chi connectivity index (χ1) is 11.0. The van der Waals surface area contributed by atoms with Crippen LogP contribution in [0.3, 0.4) is 0 Å². The summed E-state index contributed by atoms with van der Waals surface area (Å²) >= 11 is 5.86. The van der Waals surface area contributed by atoms with Gasteiger partial charge in [0.05, 0.1) is 11.5 Å². The van der Waals surface area contributed by atoms with Gasteiger partial charge in [-0.1, -0.05) is 23.7 Å². The van der Waals surface area contributed by atoms with Crippen molar-refractivity contribution in [3.05, 3.63) is 74.8 Å². The number of nitro benzene ring substituents is 1. The summed E-state index contributed by atoms with van der Waals surface area (Å²) < 4.78 is 11.3. The van der Waals surface area contributed by atoms with E-state index in [4.69, 9.17) is 21.1 Å². The SMILES string of the molecule is O=[N+]([O-])c1ccc([C@H]2O[C@@H](c3ccc(Cl)cc3)OC[C@@H]2O)cc1. The zero-order valence-electron chi connectivity index (χ0n) is 12.0. The fourth-order valence-electron chi connectivity index (χ4n) is 2.42. The number of ether oxygens (including phenoxy) is 2. The normalized spacial score (nSPS) is 24.3. The number of nitrogens with zero attached hydrogens (tertiary/aromatic N) is 1. The molecule has 0 aromatic heterocycles. The number of hydrogen-bond acceptors (Lipinski definition) is 5. The molecule has 2 aromatic rings. The first kappa shape index (κ1) is 15.9. The Bertz CT molecular complexity index is 689. The van der Waals surface area contributed by atoms with Crippen molar-refractivity contribution in [1.82, 2.24) is 0 Å². The molecule has 120 valence electrons. The van der Waals surface area contributed by atoms with Crippen LogP contribution < -0.4 is 0 Å². The van der Waals surface area contributed by atoms with Crippen LogP contribution in [0.15, 0.2) is 48.5 Å². The molecule has 1 aliphatic heterocycles. The van der Waals surface area contributed by atoms with Crippen LogP contribution in [0.1, 0.15) is 23.5 Å². The highest BCUT2D eigenvalue weighted by molar-refractivity contribution is 6.30. The van der Waals surface area contributed by atoms with Crippen molar-refractivity contribution in [2.75, 3.05) is 6.61 Å². The summed E-state index contributed by atoms with van der Waals surface area (Å²) in [5.41, 5.74) is 1.43. The Morgan fingerprint density at radius 2 is 1.70 bits per heavy atom. The molecule has 1 N–H and O–H groups in total. The summed E-state index contributed by atoms with van der Waals surface area (Å²) in [5, 5.41) is 21.4. The van der Waals surface area contributed by atoms with Gasteiger partial charge in [-0.25, -0.2) is 0 Å². The van der Waals surface area contributed by atoms with Crippen LogP contribution >= 0.6 is 11.6 Å². The van der Waals surface area contributed by atoms with Gasteiger partial charge in [-0.3, -0.25) is 10.1 Å². The molecule has 0 aliphatic carbocycles. The smallest absolute Gasteiger partial charge is 0.269 e. The lowest BCUT2D eigenvalue weighted by Crippen LogP contribution is -2.34. The van der Waals surface area contributed by atoms with Gasteiger partial charge in [0.15, 0.2) is 6.29 Å². The number of non-ortho nitro benzene ring substituents is 1. The van der Waals surface area contributed by atoms with E-state index in [9.17, 15) is 15.2 Å². The van der Waals surface area contributed by atoms with Crippen LogP contribution in [0.25, 0.3) is 0 Å². The number of nitro groups is 1. The van der Waals surface area contributed by atoms with Gasteiger partial charge in [0.25, 0.3) is 5.69 Å². The van der Waals surface area contributed by atoms with Crippen LogP contribution in [-0.4, -0.2) is 22.7 Å². The maximum Gasteiger partial charge on any atom is 0.269 e. The number of benzene rings is 2. The molecular weight excluding hydrogens is 322 g/mol. The minimum absolute atomic E-state index is 0.00968. The van der Waals surface area contributed by atoms with Crippen molar-refractivity contribution in [2.45, 2.75) is 18.5 Å². The van der Waals surface area contributed by atoms with E-state index in [-0.39, 0.29) is 12.3 Å². The standard InChI is InChI=1S/C16H14ClNO5/c17-12-5-1-11(2-6-12)16-22-9-14(19)15(23-16)10-3-7-13(8-4-10)18(20)21/h1-8,14-16,19H,9H2/t14-,15+,16-/m0/s1. The van der Waals surface area contributed by atoms with Crippen molar-refractivity contribution >= 4 is 17.3 Å². The molecular formula is C16H14ClNO5. The summed E-state index contributed by atoms with van der Waals surface area (Å²) in [6, 6.07) is 13.0. The van der Waals surface area contributed by atoms with E-state index in [2.05, 4.69) is 0 Å². The van der Waals surface area contributed by atoms with Gasteiger partial charge >= 0.3 is 0 Å². The Kier molecular flexibility index (Phi) is 4.58. The highest BCUT2D eigenvalue weighted by Crippen LogP contribution is 2.35. The largest absolute Gasteiger partial charge is 0.388 e. The number of aliphatic hydroxyl groups is 1. The van der Waals surface area contributed by atoms with E-state index in [1.807, 2.05) is 0 Å². The minimum Gasteiger partial charge on any atom is -0.388 e. The van der Waals surface area contributed by atoms with E-state index in [0.29, 0.717) is 10.6 Å². The fourth-order valence-corrected chi connectivity index (χ4v) is 2.54. The molecule has 1 saturated heterocycles. The first-order valence-corrected chi connectivity index (χ1v) is 7.37. The summed E-state index contributed by atoms with van der Waals surface area (Å²) in [4.78, 5) is 10.2. The predicted molar refractivity (Wildman–Crippen MR) is 83.1 cm³/mol. The van der Waals surface area contributed by atoms with Gasteiger partial charge in [0.2, 0.25) is 0 Å². The third-order valence-electron chi connectivity index (χ3n) is 3.61. The van der Waals surface area contributed by atoms with Crippen LogP contribution in [0, 0.1) is 10.1 Å². The number of hydrogen-bond donors (Lipinski definition) is 1. The maximum atomic E-state index is 10.7. The lowest BCUT2D eigenvalue weighted by molar-refractivity contribution is -0.384. The van der Waals surface area contributed by atoms with E-state index < -0.39 is 23.4 Å². The molecule has 0 saturated carbocycles. The lowest BCUT2D eigenvalue weighted by atomic mass is 10.0. The average Bonchev–Trinajstić information content (AvgIpc) is 2.56. The second-order valence-corrected chi connectivity index (χ2v) is 5.63. The topological polar surface area (TPSA) is 81.8 Å². The highest BCUT2D eigenvalue weighted by atomic mass is 35.5. The molecule has 6 nitrogen and oxygen atoms in total. The molecule has 3 atom stereocenters. The fraction of sp³-hybridized carbons (Fsp3) is 0.250. The minimum atomic E-state index is -0.847. The summed E-state index contributed by atoms with van der Waals surface area (Å²) in [5.74, 6) is 0. The van der Waals surface area contributed by atoms with Crippen molar-refractivity contribution in [3.63, 3.8) is 0 Å². The molecule has 7 heteroatoms. The second kappa shape index (κ2) is 6.64. The van der Waals surface area contributed by atoms with Crippen molar-refractivity contribution in [3.8, 4) is 0 Å². The molecule has 0 unspecified atom stereocenters. The highest BCUT2D eigenvalue weighted by Gasteiger charge is 2.32. The molecule has 1 aliphatic rings. The Labute approximate surface area is 137 Å². The molecule has 3 rings (SSSR count). The van der Waals surface area contributed by atoms with Crippen LogP contribution in [0.2, 0.25) is 5.02 Å². The maximum absolute atomic E-state index is 10.7. The monoisotopic (exact) mass is 335 g/mol. The molecule has 0 spiro atoms. The van der Waals surface area contributed by atoms with E-state index in [1.165, 1.54) is 12.1 Å². The molecule has 23 heavy (non-hydrogen) atoms. The van der Waals surface area contributed by atoms with Gasteiger partial charge in [-0.05, 0) is 29.8 Å². The molecule has 0 radical (unpaired) electrons. The van der Waals surface area contributed by atoms with Gasteiger partial charge in [0.1, 0.15) is 12.2 Å². The van der Waals surface area contributed by atoms with E-state index in [0.717, 1.165) is 5.56 Å². The zero-order chi connectivity index (χ0) is 16.4. The molecule has 1 heterocycles. The Balaban J connectivity index is 1.80. The van der Waals surface area contributed by atoms with Gasteiger partial charge in [-0.15, -0.1) is 0 Å². The zero-order valence-corrected chi connectivity index (χ0v) is 12.7. The van der Waals surface area contributed by atoms with E-state index in [1.54, 1.807) is 36.4 Å². The quantitative estimate of drug-likeness (QED) is 0.686. The van der Waals surface area contributed by atoms with Gasteiger partial charge < -0.3 is 14.6 Å². The van der Waals surface area contributed by atoms with Crippen molar-refractivity contribution in [1.29, 1.82) is 0 Å².